The van der Waals surface area contributed by atoms with E-state index < -0.39 is 0 Å². The van der Waals surface area contributed by atoms with E-state index in [1.165, 1.54) is 16.2 Å². The average Bonchev–Trinajstić information content (AvgIpc) is 3.13. The van der Waals surface area contributed by atoms with Crippen molar-refractivity contribution in [1.29, 1.82) is 0 Å². The number of methoxy groups -OCH3 is 1. The molecule has 0 radical (unpaired) electrons. The molecule has 0 aliphatic rings. The molecule has 0 aliphatic heterocycles. The molecule has 3 aromatic heterocycles. The van der Waals surface area contributed by atoms with Gasteiger partial charge in [0.15, 0.2) is 0 Å². The Morgan fingerprint density at radius 2 is 2.00 bits per heavy atom. The molecule has 0 amide bonds. The maximum Gasteiger partial charge on any atom is 0.255 e. The van der Waals surface area contributed by atoms with Crippen LogP contribution in [0.25, 0.3) is 22.2 Å². The molecule has 3 heterocycles. The highest BCUT2D eigenvalue weighted by Gasteiger charge is 2.09. The zero-order valence-electron chi connectivity index (χ0n) is 15.8. The molecular weight excluding hydrogens is 354 g/mol. The molecule has 28 heavy (non-hydrogen) atoms. The van der Waals surface area contributed by atoms with Gasteiger partial charge < -0.3 is 15.0 Å². The van der Waals surface area contributed by atoms with E-state index in [0.29, 0.717) is 18.2 Å². The second kappa shape index (κ2) is 7.56. The molecule has 4 rings (SSSR count). The molecule has 0 bridgehead atoms. The Hall–Kier alpha value is -3.61. The fourth-order valence-corrected chi connectivity index (χ4v) is 3.17. The number of fused-ring (bicyclic) bond motifs is 1. The number of anilines is 1. The van der Waals surface area contributed by atoms with Crippen LogP contribution in [0.4, 0.5) is 5.95 Å². The Kier molecular flexibility index (Phi) is 4.80. The number of aromatic amines is 1. The van der Waals surface area contributed by atoms with Crippen LogP contribution in [-0.2, 0) is 13.5 Å². The fraction of sp³-hybridized carbons (Fsp3) is 0.190. The zero-order valence-corrected chi connectivity index (χ0v) is 15.8. The van der Waals surface area contributed by atoms with E-state index in [1.807, 2.05) is 36.5 Å². The van der Waals surface area contributed by atoms with Crippen molar-refractivity contribution >= 4 is 16.9 Å². The number of hydrogen-bond donors (Lipinski definition) is 2. The van der Waals surface area contributed by atoms with Crippen LogP contribution >= 0.6 is 0 Å². The van der Waals surface area contributed by atoms with Crippen LogP contribution in [-0.4, -0.2) is 33.2 Å². The summed E-state index contributed by atoms with van der Waals surface area (Å²) in [5, 5.41) is 4.42. The molecule has 0 spiro atoms. The summed E-state index contributed by atoms with van der Waals surface area (Å²) in [5.41, 5.74) is 3.63. The van der Waals surface area contributed by atoms with Crippen molar-refractivity contribution in [3.63, 3.8) is 0 Å². The van der Waals surface area contributed by atoms with Gasteiger partial charge >= 0.3 is 0 Å². The van der Waals surface area contributed by atoms with Crippen molar-refractivity contribution in [2.24, 2.45) is 7.05 Å². The summed E-state index contributed by atoms with van der Waals surface area (Å²) < 4.78 is 6.84. The highest BCUT2D eigenvalue weighted by molar-refractivity contribution is 5.84. The predicted octanol–water partition coefficient (Wildman–Crippen LogP) is 2.99. The molecule has 4 aromatic rings. The van der Waals surface area contributed by atoms with E-state index in [1.54, 1.807) is 26.6 Å². The van der Waals surface area contributed by atoms with Gasteiger partial charge in [-0.1, -0.05) is 0 Å². The second-order valence-electron chi connectivity index (χ2n) is 6.50. The maximum atomic E-state index is 12.3. The summed E-state index contributed by atoms with van der Waals surface area (Å²) in [6, 6.07) is 11.2. The largest absolute Gasteiger partial charge is 0.497 e. The smallest absolute Gasteiger partial charge is 0.255 e. The van der Waals surface area contributed by atoms with Crippen LogP contribution in [0.3, 0.4) is 0 Å². The molecule has 0 saturated carbocycles. The van der Waals surface area contributed by atoms with Crippen molar-refractivity contribution in [1.82, 2.24) is 19.5 Å². The summed E-state index contributed by atoms with van der Waals surface area (Å²) in [6.45, 7) is 0.643. The Morgan fingerprint density at radius 1 is 1.18 bits per heavy atom. The number of H-pyrrole nitrogens is 1. The molecule has 142 valence electrons. The van der Waals surface area contributed by atoms with Gasteiger partial charge in [0.05, 0.1) is 12.8 Å². The standard InChI is InChI=1S/C21H21N5O2/c1-26-20(27)12-19(14-5-8-22-9-6-14)25-21(26)23-10-7-15-13-24-18-4-3-16(28-2)11-17(15)18/h3-6,8-9,11-13,24H,7,10H2,1-2H3,(H,23,25). The molecule has 0 unspecified atom stereocenters. The second-order valence-corrected chi connectivity index (χ2v) is 6.50. The minimum absolute atomic E-state index is 0.110. The Balaban J connectivity index is 1.54. The molecule has 2 N–H and O–H groups in total. The van der Waals surface area contributed by atoms with Crippen LogP contribution in [0.1, 0.15) is 5.56 Å². The summed E-state index contributed by atoms with van der Waals surface area (Å²) in [5.74, 6) is 1.37. The number of nitrogens with one attached hydrogen (secondary N) is 2. The number of hydrogen-bond acceptors (Lipinski definition) is 5. The van der Waals surface area contributed by atoms with E-state index in [-0.39, 0.29) is 5.56 Å². The summed E-state index contributed by atoms with van der Waals surface area (Å²) in [7, 11) is 3.38. The molecule has 0 fully saturated rings. The van der Waals surface area contributed by atoms with Gasteiger partial charge in [0.2, 0.25) is 5.95 Å². The zero-order chi connectivity index (χ0) is 19.5. The molecule has 7 heteroatoms. The Bertz CT molecular complexity index is 1160. The average molecular weight is 375 g/mol. The summed E-state index contributed by atoms with van der Waals surface area (Å²) in [6.07, 6.45) is 6.16. The lowest BCUT2D eigenvalue weighted by Gasteiger charge is -2.11. The SMILES string of the molecule is COc1ccc2[nH]cc(CCNc3nc(-c4ccncc4)cc(=O)n3C)c2c1. The maximum absolute atomic E-state index is 12.3. The Labute approximate surface area is 162 Å². The summed E-state index contributed by atoms with van der Waals surface area (Å²) in [4.78, 5) is 24.2. The van der Waals surface area contributed by atoms with Crippen LogP contribution < -0.4 is 15.6 Å². The third-order valence-electron chi connectivity index (χ3n) is 4.76. The van der Waals surface area contributed by atoms with E-state index in [2.05, 4.69) is 20.3 Å². The van der Waals surface area contributed by atoms with Crippen molar-refractivity contribution in [2.45, 2.75) is 6.42 Å². The monoisotopic (exact) mass is 375 g/mol. The first-order valence-electron chi connectivity index (χ1n) is 9.02. The van der Waals surface area contributed by atoms with Gasteiger partial charge in [0.1, 0.15) is 5.75 Å². The normalized spacial score (nSPS) is 10.9. The third kappa shape index (κ3) is 3.46. The van der Waals surface area contributed by atoms with Crippen LogP contribution in [0.5, 0.6) is 5.75 Å². The third-order valence-corrected chi connectivity index (χ3v) is 4.76. The molecular formula is C21H21N5O2. The molecule has 0 atom stereocenters. The lowest BCUT2D eigenvalue weighted by Crippen LogP contribution is -2.22. The lowest BCUT2D eigenvalue weighted by atomic mass is 10.1. The highest BCUT2D eigenvalue weighted by atomic mass is 16.5. The van der Waals surface area contributed by atoms with E-state index >= 15 is 0 Å². The number of aromatic nitrogens is 4. The van der Waals surface area contributed by atoms with Gasteiger partial charge in [-0.3, -0.25) is 14.3 Å². The molecule has 0 aliphatic carbocycles. The van der Waals surface area contributed by atoms with Gasteiger partial charge in [-0.25, -0.2) is 4.98 Å². The first-order valence-corrected chi connectivity index (χ1v) is 9.02. The van der Waals surface area contributed by atoms with Gasteiger partial charge in [-0.15, -0.1) is 0 Å². The van der Waals surface area contributed by atoms with Gasteiger partial charge in [0, 0.05) is 54.7 Å². The highest BCUT2D eigenvalue weighted by Crippen LogP contribution is 2.24. The minimum Gasteiger partial charge on any atom is -0.497 e. The van der Waals surface area contributed by atoms with E-state index in [4.69, 9.17) is 4.74 Å². The van der Waals surface area contributed by atoms with Crippen LogP contribution in [0.2, 0.25) is 0 Å². The Morgan fingerprint density at radius 3 is 2.79 bits per heavy atom. The molecule has 7 nitrogen and oxygen atoms in total. The van der Waals surface area contributed by atoms with Gasteiger partial charge in [0.25, 0.3) is 5.56 Å². The quantitative estimate of drug-likeness (QED) is 0.541. The lowest BCUT2D eigenvalue weighted by molar-refractivity contribution is 0.415. The van der Waals surface area contributed by atoms with Crippen LogP contribution in [0, 0.1) is 0 Å². The topological polar surface area (TPSA) is 84.8 Å². The van der Waals surface area contributed by atoms with Crippen LogP contribution in [0.15, 0.2) is 59.8 Å². The number of pyridine rings is 1. The number of benzene rings is 1. The van der Waals surface area contributed by atoms with Crippen molar-refractivity contribution in [2.75, 3.05) is 19.0 Å². The first-order chi connectivity index (χ1) is 13.7. The number of nitrogens with zero attached hydrogens (tertiary/aromatic N) is 3. The number of rotatable bonds is 6. The van der Waals surface area contributed by atoms with Crippen molar-refractivity contribution in [3.8, 4) is 17.0 Å². The van der Waals surface area contributed by atoms with E-state index in [9.17, 15) is 4.79 Å². The fourth-order valence-electron chi connectivity index (χ4n) is 3.17. The molecule has 1 aromatic carbocycles. The first kappa shape index (κ1) is 17.8. The number of ether oxygens (including phenoxy) is 1. The van der Waals surface area contributed by atoms with Crippen molar-refractivity contribution in [3.05, 3.63) is 70.9 Å². The van der Waals surface area contributed by atoms with Crippen molar-refractivity contribution < 1.29 is 4.74 Å². The van der Waals surface area contributed by atoms with Gasteiger partial charge in [-0.05, 0) is 42.3 Å². The van der Waals surface area contributed by atoms with E-state index in [0.717, 1.165) is 28.6 Å². The summed E-state index contributed by atoms with van der Waals surface area (Å²) >= 11 is 0. The minimum atomic E-state index is -0.110. The molecule has 0 saturated heterocycles. The van der Waals surface area contributed by atoms with Gasteiger partial charge in [-0.2, -0.15) is 0 Å². The predicted molar refractivity (Wildman–Crippen MR) is 110 cm³/mol.